The van der Waals surface area contributed by atoms with Crippen molar-refractivity contribution in [3.8, 4) is 5.75 Å². The topological polar surface area (TPSA) is 54.9 Å². The van der Waals surface area contributed by atoms with Crippen LogP contribution in [-0.4, -0.2) is 45.5 Å². The van der Waals surface area contributed by atoms with Crippen molar-refractivity contribution in [1.29, 1.82) is 0 Å². The summed E-state index contributed by atoms with van der Waals surface area (Å²) in [5.74, 6) is 0.823. The molecule has 0 atom stereocenters. The van der Waals surface area contributed by atoms with Gasteiger partial charge in [-0.15, -0.1) is 24.0 Å². The average Bonchev–Trinajstić information content (AvgIpc) is 2.59. The molecule has 150 valence electrons. The first-order valence-corrected chi connectivity index (χ1v) is 8.25. The molecule has 0 radical (unpaired) electrons. The molecule has 0 unspecified atom stereocenters. The molecule has 5 nitrogen and oxygen atoms in total. The van der Waals surface area contributed by atoms with Gasteiger partial charge in [-0.3, -0.25) is 4.99 Å². The number of unbranched alkanes of at least 4 members (excludes halogenated alkanes) is 1. The third-order valence-electron chi connectivity index (χ3n) is 3.19. The van der Waals surface area contributed by atoms with Gasteiger partial charge >= 0.3 is 6.18 Å². The molecule has 9 heteroatoms. The number of rotatable bonds is 10. The quantitative estimate of drug-likeness (QED) is 0.228. The fourth-order valence-corrected chi connectivity index (χ4v) is 1.87. The lowest BCUT2D eigenvalue weighted by atomic mass is 10.2. The maximum atomic E-state index is 12.1. The molecule has 0 aromatic heterocycles. The van der Waals surface area contributed by atoms with Crippen molar-refractivity contribution in [3.63, 3.8) is 0 Å². The van der Waals surface area contributed by atoms with E-state index in [9.17, 15) is 13.2 Å². The van der Waals surface area contributed by atoms with Gasteiger partial charge in [0.05, 0.1) is 6.61 Å². The number of ether oxygens (including phenoxy) is 2. The lowest BCUT2D eigenvalue weighted by molar-refractivity contribution is -0.153. The van der Waals surface area contributed by atoms with E-state index in [0.29, 0.717) is 25.7 Å². The van der Waals surface area contributed by atoms with Crippen molar-refractivity contribution in [3.05, 3.63) is 29.8 Å². The first kappa shape index (κ1) is 24.8. The maximum Gasteiger partial charge on any atom is 0.422 e. The first-order valence-electron chi connectivity index (χ1n) is 8.25. The second-order valence-corrected chi connectivity index (χ2v) is 5.37. The van der Waals surface area contributed by atoms with Gasteiger partial charge in [0.25, 0.3) is 0 Å². The molecule has 1 aromatic carbocycles. The predicted octanol–water partition coefficient (Wildman–Crippen LogP) is 3.73. The smallest absolute Gasteiger partial charge is 0.422 e. The minimum absolute atomic E-state index is 0. The Hall–Kier alpha value is -1.23. The Balaban J connectivity index is 0.00000625. The van der Waals surface area contributed by atoms with Gasteiger partial charge in [-0.25, -0.2) is 0 Å². The number of benzene rings is 1. The minimum atomic E-state index is -4.33. The largest absolute Gasteiger partial charge is 0.484 e. The molecule has 0 spiro atoms. The molecule has 1 rings (SSSR count). The molecule has 0 bridgehead atoms. The van der Waals surface area contributed by atoms with Crippen molar-refractivity contribution in [2.24, 2.45) is 4.99 Å². The highest BCUT2D eigenvalue weighted by molar-refractivity contribution is 14.0. The zero-order chi connectivity index (χ0) is 18.5. The standard InChI is InChI=1S/C17H26F3N3O2.HI/c1-3-4-10-24-11-9-22-16(21-2)23-12-14-5-7-15(8-6-14)25-13-17(18,19)20;/h5-8H,3-4,9-13H2,1-2H3,(H2,21,22,23);1H. The number of alkyl halides is 3. The van der Waals surface area contributed by atoms with Crippen molar-refractivity contribution >= 4 is 29.9 Å². The summed E-state index contributed by atoms with van der Waals surface area (Å²) < 4.78 is 46.4. The lowest BCUT2D eigenvalue weighted by Gasteiger charge is -2.13. The fraction of sp³-hybridized carbons (Fsp3) is 0.588. The molecular weight excluding hydrogens is 462 g/mol. The van der Waals surface area contributed by atoms with E-state index < -0.39 is 12.8 Å². The summed E-state index contributed by atoms with van der Waals surface area (Å²) in [5, 5.41) is 6.26. The van der Waals surface area contributed by atoms with E-state index in [-0.39, 0.29) is 29.7 Å². The Bertz CT molecular complexity index is 511. The molecule has 26 heavy (non-hydrogen) atoms. The normalized spacial score (nSPS) is 11.7. The molecule has 0 heterocycles. The lowest BCUT2D eigenvalue weighted by Crippen LogP contribution is -2.38. The number of guanidine groups is 1. The van der Waals surface area contributed by atoms with Crippen LogP contribution in [0.4, 0.5) is 13.2 Å². The zero-order valence-electron chi connectivity index (χ0n) is 15.1. The summed E-state index contributed by atoms with van der Waals surface area (Å²) in [6.07, 6.45) is -2.18. The zero-order valence-corrected chi connectivity index (χ0v) is 17.4. The maximum absolute atomic E-state index is 12.1. The molecule has 0 saturated carbocycles. The number of aliphatic imine (C=N–C) groups is 1. The molecule has 2 N–H and O–H groups in total. The summed E-state index contributed by atoms with van der Waals surface area (Å²) in [6.45, 7) is 3.33. The summed E-state index contributed by atoms with van der Waals surface area (Å²) in [4.78, 5) is 4.10. The van der Waals surface area contributed by atoms with E-state index >= 15 is 0 Å². The molecule has 0 fully saturated rings. The summed E-state index contributed by atoms with van der Waals surface area (Å²) in [5.41, 5.74) is 0.904. The highest BCUT2D eigenvalue weighted by Crippen LogP contribution is 2.18. The highest BCUT2D eigenvalue weighted by atomic mass is 127. The van der Waals surface area contributed by atoms with E-state index in [4.69, 9.17) is 4.74 Å². The summed E-state index contributed by atoms with van der Waals surface area (Å²) >= 11 is 0. The molecule has 0 aliphatic heterocycles. The average molecular weight is 489 g/mol. The third kappa shape index (κ3) is 12.2. The molecule has 0 aliphatic carbocycles. The Morgan fingerprint density at radius 2 is 1.81 bits per heavy atom. The van der Waals surface area contributed by atoms with Gasteiger partial charge in [0.2, 0.25) is 0 Å². The third-order valence-corrected chi connectivity index (χ3v) is 3.19. The molecular formula is C17H27F3IN3O2. The van der Waals surface area contributed by atoms with E-state index in [1.807, 2.05) is 0 Å². The van der Waals surface area contributed by atoms with Crippen molar-refractivity contribution in [2.75, 3.05) is 33.4 Å². The van der Waals surface area contributed by atoms with Crippen LogP contribution in [0.1, 0.15) is 25.3 Å². The van der Waals surface area contributed by atoms with E-state index in [1.54, 1.807) is 19.2 Å². The number of hydrogen-bond acceptors (Lipinski definition) is 3. The summed E-state index contributed by atoms with van der Waals surface area (Å²) in [6, 6.07) is 6.45. The van der Waals surface area contributed by atoms with Crippen molar-refractivity contribution in [2.45, 2.75) is 32.5 Å². The number of nitrogens with zero attached hydrogens (tertiary/aromatic N) is 1. The Labute approximate surface area is 169 Å². The number of nitrogens with one attached hydrogen (secondary N) is 2. The van der Waals surface area contributed by atoms with E-state index in [1.165, 1.54) is 12.1 Å². The van der Waals surface area contributed by atoms with E-state index in [2.05, 4.69) is 27.3 Å². The monoisotopic (exact) mass is 489 g/mol. The van der Waals surface area contributed by atoms with Gasteiger partial charge in [-0.05, 0) is 24.1 Å². The van der Waals surface area contributed by atoms with Gasteiger partial charge in [0.15, 0.2) is 12.6 Å². The van der Waals surface area contributed by atoms with Gasteiger partial charge in [-0.2, -0.15) is 13.2 Å². The Morgan fingerprint density at radius 1 is 1.12 bits per heavy atom. The van der Waals surface area contributed by atoms with Crippen LogP contribution < -0.4 is 15.4 Å². The van der Waals surface area contributed by atoms with Crippen LogP contribution in [0.2, 0.25) is 0 Å². The van der Waals surface area contributed by atoms with Gasteiger partial charge < -0.3 is 20.1 Å². The summed E-state index contributed by atoms with van der Waals surface area (Å²) in [7, 11) is 1.67. The van der Waals surface area contributed by atoms with Crippen LogP contribution in [0.15, 0.2) is 29.3 Å². The SMILES string of the molecule is CCCCOCCNC(=NC)NCc1ccc(OCC(F)(F)F)cc1.I. The van der Waals surface area contributed by atoms with Crippen LogP contribution >= 0.6 is 24.0 Å². The van der Waals surface area contributed by atoms with Crippen LogP contribution in [0.25, 0.3) is 0 Å². The highest BCUT2D eigenvalue weighted by Gasteiger charge is 2.28. The second-order valence-electron chi connectivity index (χ2n) is 5.37. The minimum Gasteiger partial charge on any atom is -0.484 e. The Morgan fingerprint density at radius 3 is 2.38 bits per heavy atom. The van der Waals surface area contributed by atoms with Crippen LogP contribution in [0.3, 0.4) is 0 Å². The van der Waals surface area contributed by atoms with Crippen molar-refractivity contribution < 1.29 is 22.6 Å². The van der Waals surface area contributed by atoms with E-state index in [0.717, 1.165) is 25.0 Å². The number of halogens is 4. The van der Waals surface area contributed by atoms with Crippen molar-refractivity contribution in [1.82, 2.24) is 10.6 Å². The Kier molecular flexibility index (Phi) is 13.2. The predicted molar refractivity (Wildman–Crippen MR) is 107 cm³/mol. The van der Waals surface area contributed by atoms with Crippen LogP contribution in [-0.2, 0) is 11.3 Å². The molecule has 0 aliphatic rings. The van der Waals surface area contributed by atoms with Gasteiger partial charge in [0, 0.05) is 26.7 Å². The van der Waals surface area contributed by atoms with Gasteiger partial charge in [-0.1, -0.05) is 25.5 Å². The molecule has 0 amide bonds. The molecule has 1 aromatic rings. The second kappa shape index (κ2) is 13.9. The first-order chi connectivity index (χ1) is 11.9. The van der Waals surface area contributed by atoms with Crippen LogP contribution in [0.5, 0.6) is 5.75 Å². The van der Waals surface area contributed by atoms with Gasteiger partial charge in [0.1, 0.15) is 5.75 Å². The molecule has 0 saturated heterocycles. The number of hydrogen-bond donors (Lipinski definition) is 2. The fourth-order valence-electron chi connectivity index (χ4n) is 1.87. The van der Waals surface area contributed by atoms with Crippen LogP contribution in [0, 0.1) is 0 Å².